The Hall–Kier alpha value is -4.09. The fourth-order valence-corrected chi connectivity index (χ4v) is 8.63. The van der Waals surface area contributed by atoms with E-state index in [1.54, 1.807) is 13.2 Å². The summed E-state index contributed by atoms with van der Waals surface area (Å²) in [5.74, 6) is 0.220. The van der Waals surface area contributed by atoms with Gasteiger partial charge in [-0.3, -0.25) is 9.88 Å². The largest absolute Gasteiger partial charge is 0.461 e. The molecule has 248 valence electrons. The van der Waals surface area contributed by atoms with Gasteiger partial charge in [-0.2, -0.15) is 9.97 Å². The summed E-state index contributed by atoms with van der Waals surface area (Å²) in [5, 5.41) is 8.89. The second-order valence-electron chi connectivity index (χ2n) is 13.6. The van der Waals surface area contributed by atoms with E-state index >= 15 is 4.39 Å². The number of pyridine rings is 1. The quantitative estimate of drug-likeness (QED) is 0.259. The maximum absolute atomic E-state index is 16.9. The minimum absolute atomic E-state index is 0. The van der Waals surface area contributed by atoms with Crippen LogP contribution in [0.3, 0.4) is 0 Å². The minimum atomic E-state index is -0.458. The number of hydrogen-bond acceptors (Lipinski definition) is 9. The summed E-state index contributed by atoms with van der Waals surface area (Å²) in [7, 11) is 1.57. The molecule has 2 unspecified atom stereocenters. The first-order chi connectivity index (χ1) is 23.0. The normalized spacial score (nSPS) is 25.4. The lowest BCUT2D eigenvalue weighted by Crippen LogP contribution is -2.51. The van der Waals surface area contributed by atoms with Crippen LogP contribution < -0.4 is 20.3 Å². The van der Waals surface area contributed by atoms with Crippen LogP contribution in [0.4, 0.5) is 15.0 Å². The molecule has 4 fully saturated rings. The first-order valence-corrected chi connectivity index (χ1v) is 17.1. The van der Waals surface area contributed by atoms with Crippen molar-refractivity contribution in [3.8, 4) is 17.3 Å². The lowest BCUT2D eigenvalue weighted by atomic mass is 9.95. The van der Waals surface area contributed by atoms with E-state index in [1.165, 1.54) is 0 Å². The summed E-state index contributed by atoms with van der Waals surface area (Å²) in [6.07, 6.45) is 8.27. The molecule has 4 atom stereocenters. The first-order valence-electron chi connectivity index (χ1n) is 17.1. The fourth-order valence-electron chi connectivity index (χ4n) is 8.63. The standard InChI is InChI=1S/C36H42FN7O3.H2/c1-3-22-7-4-8-23-9-5-10-27(29(22)23)31-30(37)32-28(17-39-31)33(43-18-24-11-12-25(19-43)40-24)42-34(41-32)47-21-36-14-6-16-44(36)26(13-15-36)20-46-35(45)38-2;/h4-5,7-10,17,24-26,40H,3,6,11-16,18-21H2,1-2H3,(H,38,45);1H/t24?,25?,26-,36-;/m1./s1. The third-order valence-electron chi connectivity index (χ3n) is 10.9. The van der Waals surface area contributed by atoms with E-state index in [4.69, 9.17) is 24.4 Å². The molecule has 0 saturated carbocycles. The molecular formula is C36H44FN7O3. The van der Waals surface area contributed by atoms with E-state index in [0.717, 1.165) is 86.5 Å². The van der Waals surface area contributed by atoms with Crippen molar-refractivity contribution in [1.29, 1.82) is 0 Å². The number of carbonyl (C=O) groups is 1. The van der Waals surface area contributed by atoms with E-state index in [9.17, 15) is 4.79 Å². The number of anilines is 1. The van der Waals surface area contributed by atoms with Crippen molar-refractivity contribution in [3.05, 3.63) is 54.0 Å². The molecule has 10 nitrogen and oxygen atoms in total. The van der Waals surface area contributed by atoms with E-state index in [2.05, 4.69) is 45.6 Å². The topological polar surface area (TPSA) is 105 Å². The second-order valence-corrected chi connectivity index (χ2v) is 13.6. The predicted octanol–water partition coefficient (Wildman–Crippen LogP) is 5.46. The number of nitrogens with zero attached hydrogens (tertiary/aromatic N) is 5. The number of aryl methyl sites for hydroxylation is 1. The van der Waals surface area contributed by atoms with Crippen molar-refractivity contribution < 1.29 is 20.1 Å². The van der Waals surface area contributed by atoms with Crippen LogP contribution in [0.2, 0.25) is 0 Å². The zero-order valence-electron chi connectivity index (χ0n) is 27.1. The molecule has 2 aromatic carbocycles. The molecule has 2 bridgehead atoms. The van der Waals surface area contributed by atoms with E-state index in [-0.39, 0.29) is 30.2 Å². The molecule has 2 aromatic heterocycles. The van der Waals surface area contributed by atoms with Gasteiger partial charge in [0.15, 0.2) is 5.82 Å². The summed E-state index contributed by atoms with van der Waals surface area (Å²) < 4.78 is 28.8. The average molecular weight is 642 g/mol. The van der Waals surface area contributed by atoms with Gasteiger partial charge in [0, 0.05) is 51.4 Å². The number of fused-ring (bicyclic) bond motifs is 5. The van der Waals surface area contributed by atoms with Gasteiger partial charge in [0.05, 0.1) is 10.9 Å². The number of aromatic nitrogens is 3. The van der Waals surface area contributed by atoms with Gasteiger partial charge < -0.3 is 25.0 Å². The van der Waals surface area contributed by atoms with Gasteiger partial charge in [-0.25, -0.2) is 9.18 Å². The van der Waals surface area contributed by atoms with Gasteiger partial charge in [-0.15, -0.1) is 0 Å². The van der Waals surface area contributed by atoms with Crippen molar-refractivity contribution in [3.63, 3.8) is 0 Å². The molecule has 4 aliphatic rings. The van der Waals surface area contributed by atoms with E-state index in [1.807, 2.05) is 18.2 Å². The highest BCUT2D eigenvalue weighted by Crippen LogP contribution is 2.43. The lowest BCUT2D eigenvalue weighted by molar-refractivity contribution is 0.0556. The van der Waals surface area contributed by atoms with Crippen LogP contribution in [-0.2, 0) is 11.2 Å². The van der Waals surface area contributed by atoms with Gasteiger partial charge in [0.2, 0.25) is 0 Å². The number of nitrogens with one attached hydrogen (secondary N) is 2. The number of halogens is 1. The summed E-state index contributed by atoms with van der Waals surface area (Å²) in [6, 6.07) is 13.3. The van der Waals surface area contributed by atoms with Crippen LogP contribution in [0.1, 0.15) is 52.4 Å². The number of rotatable bonds is 8. The second kappa shape index (κ2) is 12.2. The van der Waals surface area contributed by atoms with Crippen molar-refractivity contribution in [2.24, 2.45) is 0 Å². The van der Waals surface area contributed by atoms with Gasteiger partial charge in [-0.1, -0.05) is 43.3 Å². The van der Waals surface area contributed by atoms with Crippen LogP contribution >= 0.6 is 0 Å². The molecule has 11 heteroatoms. The third kappa shape index (κ3) is 5.33. The van der Waals surface area contributed by atoms with Crippen molar-refractivity contribution >= 4 is 33.6 Å². The maximum atomic E-state index is 16.9. The average Bonchev–Trinajstić information content (AvgIpc) is 3.78. The maximum Gasteiger partial charge on any atom is 0.406 e. The summed E-state index contributed by atoms with van der Waals surface area (Å²) in [4.78, 5) is 30.9. The fraction of sp³-hybridized carbons (Fsp3) is 0.500. The molecule has 0 spiro atoms. The van der Waals surface area contributed by atoms with E-state index in [0.29, 0.717) is 36.5 Å². The Morgan fingerprint density at radius 3 is 2.72 bits per heavy atom. The molecular weight excluding hydrogens is 597 g/mol. The smallest absolute Gasteiger partial charge is 0.406 e. The van der Waals surface area contributed by atoms with Crippen molar-refractivity contribution in [2.45, 2.75) is 75.5 Å². The van der Waals surface area contributed by atoms with E-state index < -0.39 is 11.9 Å². The van der Waals surface area contributed by atoms with Crippen LogP contribution in [0, 0.1) is 5.82 Å². The Labute approximate surface area is 275 Å². The highest BCUT2D eigenvalue weighted by atomic mass is 19.1. The molecule has 1 amide bonds. The molecule has 0 aliphatic carbocycles. The highest BCUT2D eigenvalue weighted by molar-refractivity contribution is 6.00. The monoisotopic (exact) mass is 641 g/mol. The van der Waals surface area contributed by atoms with Crippen LogP contribution in [0.15, 0.2) is 42.6 Å². The Morgan fingerprint density at radius 1 is 1.13 bits per heavy atom. The minimum Gasteiger partial charge on any atom is -0.461 e. The third-order valence-corrected chi connectivity index (χ3v) is 10.9. The zero-order valence-corrected chi connectivity index (χ0v) is 27.1. The Morgan fingerprint density at radius 2 is 1.94 bits per heavy atom. The number of ether oxygens (including phenoxy) is 2. The molecule has 4 aromatic rings. The van der Waals surface area contributed by atoms with Crippen LogP contribution in [-0.4, -0.2) is 89.5 Å². The lowest BCUT2D eigenvalue weighted by Gasteiger charge is -2.35. The van der Waals surface area contributed by atoms with Crippen LogP contribution in [0.25, 0.3) is 32.9 Å². The zero-order chi connectivity index (χ0) is 32.1. The highest BCUT2D eigenvalue weighted by Gasteiger charge is 2.50. The number of piperazine rings is 1. The Kier molecular flexibility index (Phi) is 7.84. The number of amides is 1. The van der Waals surface area contributed by atoms with Gasteiger partial charge in [0.1, 0.15) is 30.2 Å². The van der Waals surface area contributed by atoms with Gasteiger partial charge in [-0.05, 0) is 67.8 Å². The number of alkyl carbamates (subject to hydrolysis) is 1. The molecule has 4 saturated heterocycles. The number of hydrogen-bond donors (Lipinski definition) is 2. The summed E-state index contributed by atoms with van der Waals surface area (Å²) >= 11 is 0. The molecule has 6 heterocycles. The van der Waals surface area contributed by atoms with Gasteiger partial charge >= 0.3 is 12.1 Å². The molecule has 8 rings (SSSR count). The molecule has 47 heavy (non-hydrogen) atoms. The molecule has 2 N–H and O–H groups in total. The summed E-state index contributed by atoms with van der Waals surface area (Å²) in [6.45, 7) is 5.36. The SMILES string of the molecule is CCc1cccc2cccc(-c3ncc4c(N5CC6CCC(C5)N6)nc(OC[C@]56CCCN5[C@@H](COC(=O)NC)CC6)nc4c3F)c12.[HH]. The molecule has 0 radical (unpaired) electrons. The first kappa shape index (κ1) is 30.3. The Bertz CT molecular complexity index is 1830. The van der Waals surface area contributed by atoms with Crippen LogP contribution in [0.5, 0.6) is 6.01 Å². The Balaban J connectivity index is 0.00000364. The molecule has 4 aliphatic heterocycles. The van der Waals surface area contributed by atoms with Crippen molar-refractivity contribution in [1.82, 2.24) is 30.5 Å². The summed E-state index contributed by atoms with van der Waals surface area (Å²) in [5.41, 5.74) is 2.24. The number of carbonyl (C=O) groups excluding carboxylic acids is 1. The van der Waals surface area contributed by atoms with Gasteiger partial charge in [0.25, 0.3) is 0 Å². The number of benzene rings is 2. The predicted molar refractivity (Wildman–Crippen MR) is 181 cm³/mol. The van der Waals surface area contributed by atoms with Crippen molar-refractivity contribution in [2.75, 3.05) is 44.8 Å².